The molecule has 0 atom stereocenters. The number of para-hydroxylation sites is 1. The molecule has 1 aromatic heterocycles. The fourth-order valence-corrected chi connectivity index (χ4v) is 2.27. The van der Waals surface area contributed by atoms with E-state index in [4.69, 9.17) is 17.3 Å². The molecular weight excluding hydrogens is 349 g/mol. The normalized spacial score (nSPS) is 11.0. The second kappa shape index (κ2) is 8.46. The lowest BCUT2D eigenvalue weighted by molar-refractivity contribution is 0.0905. The number of carbonyl (C=O) groups is 1. The highest BCUT2D eigenvalue weighted by atomic mass is 35.5. The molecule has 6 nitrogen and oxygen atoms in total. The molecule has 0 spiro atoms. The second-order valence-electron chi connectivity index (χ2n) is 6.01. The Morgan fingerprint density at radius 3 is 2.62 bits per heavy atom. The average Bonchev–Trinajstić information content (AvgIpc) is 2.92. The third-order valence-corrected chi connectivity index (χ3v) is 3.71. The van der Waals surface area contributed by atoms with Crippen molar-refractivity contribution in [1.82, 2.24) is 20.1 Å². The van der Waals surface area contributed by atoms with E-state index in [0.29, 0.717) is 29.5 Å². The number of benzene rings is 1. The van der Waals surface area contributed by atoms with E-state index in [1.165, 1.54) is 0 Å². The van der Waals surface area contributed by atoms with Crippen LogP contribution >= 0.6 is 24.0 Å². The van der Waals surface area contributed by atoms with Gasteiger partial charge in [0.25, 0.3) is 5.91 Å². The molecule has 0 saturated carbocycles. The highest BCUT2D eigenvalue weighted by molar-refractivity contribution is 6.32. The zero-order chi connectivity index (χ0) is 17.0. The summed E-state index contributed by atoms with van der Waals surface area (Å²) in [6, 6.07) is 7.35. The minimum absolute atomic E-state index is 0. The Kier molecular flexibility index (Phi) is 7.20. The van der Waals surface area contributed by atoms with Gasteiger partial charge in [-0.25, -0.2) is 9.67 Å². The fraction of sp³-hybridized carbons (Fsp3) is 0.438. The number of hydrogen-bond acceptors (Lipinski definition) is 4. The minimum atomic E-state index is -0.516. The summed E-state index contributed by atoms with van der Waals surface area (Å²) in [6.07, 6.45) is 1.59. The van der Waals surface area contributed by atoms with E-state index < -0.39 is 5.54 Å². The van der Waals surface area contributed by atoms with E-state index in [0.717, 1.165) is 6.42 Å². The van der Waals surface area contributed by atoms with Crippen LogP contribution in [0.3, 0.4) is 0 Å². The van der Waals surface area contributed by atoms with Gasteiger partial charge in [0.2, 0.25) is 5.82 Å². The first-order valence-electron chi connectivity index (χ1n) is 7.61. The van der Waals surface area contributed by atoms with Crippen molar-refractivity contribution in [3.05, 3.63) is 40.9 Å². The molecule has 132 valence electrons. The Morgan fingerprint density at radius 2 is 2.04 bits per heavy atom. The number of rotatable bonds is 6. The number of carbonyl (C=O) groups excluding carboxylic acids is 1. The topological polar surface area (TPSA) is 85.8 Å². The number of hydrogen-bond donors (Lipinski definition) is 2. The van der Waals surface area contributed by atoms with Gasteiger partial charge in [-0.15, -0.1) is 17.5 Å². The highest BCUT2D eigenvalue weighted by Gasteiger charge is 2.23. The van der Waals surface area contributed by atoms with Gasteiger partial charge >= 0.3 is 0 Å². The molecule has 0 unspecified atom stereocenters. The van der Waals surface area contributed by atoms with Gasteiger partial charge in [0.05, 0.1) is 10.7 Å². The molecule has 0 aliphatic carbocycles. The Bertz CT molecular complexity index is 700. The van der Waals surface area contributed by atoms with E-state index >= 15 is 0 Å². The molecule has 0 bridgehead atoms. The van der Waals surface area contributed by atoms with Crippen molar-refractivity contribution < 1.29 is 4.79 Å². The van der Waals surface area contributed by atoms with Gasteiger partial charge in [-0.2, -0.15) is 0 Å². The van der Waals surface area contributed by atoms with Gasteiger partial charge < -0.3 is 11.1 Å². The number of nitrogens with two attached hydrogens (primary N) is 1. The van der Waals surface area contributed by atoms with Crippen molar-refractivity contribution in [3.8, 4) is 5.69 Å². The van der Waals surface area contributed by atoms with Crippen LogP contribution in [0.4, 0.5) is 0 Å². The summed E-state index contributed by atoms with van der Waals surface area (Å²) in [5.41, 5.74) is 5.84. The van der Waals surface area contributed by atoms with Crippen LogP contribution in [0.25, 0.3) is 5.69 Å². The van der Waals surface area contributed by atoms with Gasteiger partial charge in [-0.1, -0.05) is 30.7 Å². The van der Waals surface area contributed by atoms with Gasteiger partial charge in [0.1, 0.15) is 5.82 Å². The van der Waals surface area contributed by atoms with E-state index in [-0.39, 0.29) is 24.1 Å². The van der Waals surface area contributed by atoms with E-state index in [2.05, 4.69) is 15.4 Å². The molecule has 2 aromatic rings. The summed E-state index contributed by atoms with van der Waals surface area (Å²) in [6.45, 7) is 6.07. The van der Waals surface area contributed by atoms with Crippen molar-refractivity contribution in [2.24, 2.45) is 5.73 Å². The summed E-state index contributed by atoms with van der Waals surface area (Å²) in [7, 11) is 0. The predicted octanol–water partition coefficient (Wildman–Crippen LogP) is 2.76. The van der Waals surface area contributed by atoms with Crippen molar-refractivity contribution in [2.45, 2.75) is 39.2 Å². The Balaban J connectivity index is 0.00000288. The molecular formula is C16H23Cl2N5O. The summed E-state index contributed by atoms with van der Waals surface area (Å²) < 4.78 is 1.64. The third kappa shape index (κ3) is 4.69. The third-order valence-electron chi connectivity index (χ3n) is 3.39. The highest BCUT2D eigenvalue weighted by Crippen LogP contribution is 2.21. The Hall–Kier alpha value is -1.63. The van der Waals surface area contributed by atoms with Gasteiger partial charge in [-0.05, 0) is 32.4 Å². The second-order valence-corrected chi connectivity index (χ2v) is 6.41. The monoisotopic (exact) mass is 371 g/mol. The first kappa shape index (κ1) is 20.4. The van der Waals surface area contributed by atoms with Crippen molar-refractivity contribution >= 4 is 29.9 Å². The average molecular weight is 372 g/mol. The van der Waals surface area contributed by atoms with Gasteiger partial charge in [-0.3, -0.25) is 4.79 Å². The van der Waals surface area contributed by atoms with Crippen LogP contribution in [0.15, 0.2) is 24.3 Å². The maximum absolute atomic E-state index is 12.4. The van der Waals surface area contributed by atoms with Crippen LogP contribution in [0.5, 0.6) is 0 Å². The van der Waals surface area contributed by atoms with Crippen molar-refractivity contribution in [3.63, 3.8) is 0 Å². The molecule has 3 N–H and O–H groups in total. The summed E-state index contributed by atoms with van der Waals surface area (Å²) >= 11 is 6.24. The maximum atomic E-state index is 12.4. The van der Waals surface area contributed by atoms with Gasteiger partial charge in [0.15, 0.2) is 0 Å². The molecule has 1 amide bonds. The van der Waals surface area contributed by atoms with Crippen molar-refractivity contribution in [2.75, 3.05) is 6.54 Å². The first-order valence-corrected chi connectivity index (χ1v) is 7.99. The minimum Gasteiger partial charge on any atom is -0.343 e. The summed E-state index contributed by atoms with van der Waals surface area (Å²) in [4.78, 5) is 16.7. The van der Waals surface area contributed by atoms with Crippen LogP contribution in [0, 0.1) is 0 Å². The standard InChI is InChI=1S/C16H22ClN5O.ClH/c1-4-7-13-19-14(15(23)20-16(2,3)10-18)21-22(13)12-9-6-5-8-11(12)17;/h5-6,8-9H,4,7,10,18H2,1-3H3,(H,20,23);1H. The predicted molar refractivity (Wildman–Crippen MR) is 98.2 cm³/mol. The van der Waals surface area contributed by atoms with Gasteiger partial charge in [0, 0.05) is 18.5 Å². The number of aromatic nitrogens is 3. The molecule has 2 rings (SSSR count). The number of aryl methyl sites for hydroxylation is 1. The Labute approximate surface area is 153 Å². The molecule has 0 saturated heterocycles. The number of nitrogens with one attached hydrogen (secondary N) is 1. The molecule has 0 radical (unpaired) electrons. The van der Waals surface area contributed by atoms with Crippen LogP contribution in [0.1, 0.15) is 43.6 Å². The first-order chi connectivity index (χ1) is 10.9. The van der Waals surface area contributed by atoms with E-state index in [1.54, 1.807) is 10.7 Å². The lowest BCUT2D eigenvalue weighted by Crippen LogP contribution is -2.49. The SMILES string of the molecule is CCCc1nc(C(=O)NC(C)(C)CN)nn1-c1ccccc1Cl.Cl. The number of halogens is 2. The fourth-order valence-electron chi connectivity index (χ4n) is 2.06. The van der Waals surface area contributed by atoms with Crippen molar-refractivity contribution in [1.29, 1.82) is 0 Å². The molecule has 1 heterocycles. The molecule has 8 heteroatoms. The van der Waals surface area contributed by atoms with E-state index in [9.17, 15) is 4.79 Å². The molecule has 0 aliphatic rings. The lowest BCUT2D eigenvalue weighted by Gasteiger charge is -2.23. The number of amides is 1. The smallest absolute Gasteiger partial charge is 0.291 e. The summed E-state index contributed by atoms with van der Waals surface area (Å²) in [5.74, 6) is 0.481. The van der Waals surface area contributed by atoms with Crippen LogP contribution in [0.2, 0.25) is 5.02 Å². The molecule has 0 fully saturated rings. The quantitative estimate of drug-likeness (QED) is 0.817. The zero-order valence-corrected chi connectivity index (χ0v) is 15.6. The molecule has 1 aromatic carbocycles. The molecule has 0 aliphatic heterocycles. The van der Waals surface area contributed by atoms with Crippen LogP contribution in [-0.2, 0) is 6.42 Å². The Morgan fingerprint density at radius 1 is 1.38 bits per heavy atom. The molecule has 24 heavy (non-hydrogen) atoms. The summed E-state index contributed by atoms with van der Waals surface area (Å²) in [5, 5.41) is 7.74. The maximum Gasteiger partial charge on any atom is 0.291 e. The van der Waals surface area contributed by atoms with Crippen LogP contribution < -0.4 is 11.1 Å². The largest absolute Gasteiger partial charge is 0.343 e. The van der Waals surface area contributed by atoms with E-state index in [1.807, 2.05) is 39.0 Å². The number of nitrogens with zero attached hydrogens (tertiary/aromatic N) is 3. The zero-order valence-electron chi connectivity index (χ0n) is 14.0. The lowest BCUT2D eigenvalue weighted by atomic mass is 10.1. The van der Waals surface area contributed by atoms with Crippen LogP contribution in [-0.4, -0.2) is 32.8 Å².